The number of carbonyl (C=O) groups excluding carboxylic acids is 2. The summed E-state index contributed by atoms with van der Waals surface area (Å²) in [6, 6.07) is 16.3. The van der Waals surface area contributed by atoms with Gasteiger partial charge in [0.1, 0.15) is 11.6 Å². The molecule has 0 aliphatic heterocycles. The predicted octanol–water partition coefficient (Wildman–Crippen LogP) is 5.35. The van der Waals surface area contributed by atoms with Crippen LogP contribution in [-0.4, -0.2) is 21.7 Å². The van der Waals surface area contributed by atoms with Crippen molar-refractivity contribution in [3.05, 3.63) is 129 Å². The molecule has 2 aromatic carbocycles. The van der Waals surface area contributed by atoms with Crippen molar-refractivity contribution < 1.29 is 18.4 Å². The first-order chi connectivity index (χ1) is 18.8. The summed E-state index contributed by atoms with van der Waals surface area (Å²) in [5.74, 6) is -1.87. The standard InChI is InChI=1S/C31H25F2N3O3/c1-18(37)21-4-2-5-22(15-21)26-6-3-11-34-31(26)27(14-19-12-24(32)17-25(33)13-19)35-29(39)16-23-8-7-20-9-10-28(38)36-30(20)23/h2-6,8-13,15,17,27H,7,14,16H2,1H3,(H,35,39)(H,36,38)/t27-/m0/s1. The fraction of sp³-hybridized carbons (Fsp3) is 0.161. The number of aromatic nitrogens is 2. The summed E-state index contributed by atoms with van der Waals surface area (Å²) in [6.45, 7) is 1.48. The van der Waals surface area contributed by atoms with Gasteiger partial charge in [0, 0.05) is 35.2 Å². The molecule has 6 nitrogen and oxygen atoms in total. The Morgan fingerprint density at radius 2 is 1.82 bits per heavy atom. The average Bonchev–Trinajstić information content (AvgIpc) is 3.29. The largest absolute Gasteiger partial charge is 0.347 e. The second-order valence-corrected chi connectivity index (χ2v) is 9.51. The fourth-order valence-electron chi connectivity index (χ4n) is 4.90. The van der Waals surface area contributed by atoms with Crippen LogP contribution < -0.4 is 10.9 Å². The molecule has 1 atom stereocenters. The van der Waals surface area contributed by atoms with E-state index >= 15 is 0 Å². The van der Waals surface area contributed by atoms with Gasteiger partial charge in [-0.25, -0.2) is 8.78 Å². The number of amides is 1. The molecule has 0 saturated heterocycles. The minimum atomic E-state index is -0.743. The molecule has 0 fully saturated rings. The molecule has 1 aliphatic carbocycles. The van der Waals surface area contributed by atoms with Crippen LogP contribution in [0.15, 0.2) is 83.8 Å². The number of allylic oxidation sites excluding steroid dienone is 1. The summed E-state index contributed by atoms with van der Waals surface area (Å²) in [5.41, 5.74) is 4.79. The molecule has 1 amide bonds. The van der Waals surface area contributed by atoms with Crippen LogP contribution in [0, 0.1) is 11.6 Å². The number of hydrogen-bond donors (Lipinski definition) is 2. The summed E-state index contributed by atoms with van der Waals surface area (Å²) < 4.78 is 28.1. The van der Waals surface area contributed by atoms with Crippen LogP contribution in [0.2, 0.25) is 0 Å². The number of H-pyrrole nitrogens is 1. The minimum absolute atomic E-state index is 0.00293. The molecule has 0 spiro atoms. The van der Waals surface area contributed by atoms with E-state index in [1.165, 1.54) is 25.1 Å². The smallest absolute Gasteiger partial charge is 0.248 e. The Labute approximate surface area is 223 Å². The Kier molecular flexibility index (Phi) is 7.27. The van der Waals surface area contributed by atoms with Gasteiger partial charge in [0.25, 0.3) is 0 Å². The highest BCUT2D eigenvalue weighted by molar-refractivity contribution is 5.95. The van der Waals surface area contributed by atoms with Crippen LogP contribution in [0.3, 0.4) is 0 Å². The Morgan fingerprint density at radius 3 is 2.59 bits per heavy atom. The lowest BCUT2D eigenvalue weighted by atomic mass is 9.94. The maximum absolute atomic E-state index is 14.0. The number of ketones is 1. The SMILES string of the molecule is CC(=O)c1cccc(-c2cccnc2[C@H](Cc2cc(F)cc(F)c2)NC(=O)CC2=CCc3ccc(=O)[nH]c32)c1. The van der Waals surface area contributed by atoms with E-state index in [2.05, 4.69) is 15.3 Å². The molecule has 8 heteroatoms. The molecule has 39 heavy (non-hydrogen) atoms. The van der Waals surface area contributed by atoms with Crippen molar-refractivity contribution in [2.75, 3.05) is 0 Å². The summed E-state index contributed by atoms with van der Waals surface area (Å²) in [7, 11) is 0. The number of carbonyl (C=O) groups is 2. The van der Waals surface area contributed by atoms with Crippen molar-refractivity contribution in [1.82, 2.24) is 15.3 Å². The number of benzene rings is 2. The Balaban J connectivity index is 1.50. The first kappa shape index (κ1) is 25.9. The summed E-state index contributed by atoms with van der Waals surface area (Å²) >= 11 is 0. The molecule has 2 aromatic heterocycles. The number of nitrogens with one attached hydrogen (secondary N) is 2. The Hall–Kier alpha value is -4.72. The maximum atomic E-state index is 14.0. The van der Waals surface area contributed by atoms with Gasteiger partial charge in [-0.3, -0.25) is 19.4 Å². The number of nitrogens with zero attached hydrogens (tertiary/aromatic N) is 1. The molecule has 1 aliphatic rings. The van der Waals surface area contributed by atoms with E-state index in [9.17, 15) is 23.2 Å². The van der Waals surface area contributed by atoms with Gasteiger partial charge in [-0.05, 0) is 66.3 Å². The lowest BCUT2D eigenvalue weighted by Gasteiger charge is -2.22. The van der Waals surface area contributed by atoms with E-state index in [4.69, 9.17) is 0 Å². The van der Waals surface area contributed by atoms with E-state index in [0.29, 0.717) is 40.1 Å². The van der Waals surface area contributed by atoms with Crippen molar-refractivity contribution >= 4 is 17.3 Å². The van der Waals surface area contributed by atoms with E-state index in [1.807, 2.05) is 18.2 Å². The molecule has 196 valence electrons. The molecule has 5 rings (SSSR count). The Morgan fingerprint density at radius 1 is 1.03 bits per heavy atom. The van der Waals surface area contributed by atoms with Crippen molar-refractivity contribution in [3.8, 4) is 11.1 Å². The van der Waals surface area contributed by atoms with Gasteiger partial charge < -0.3 is 10.3 Å². The van der Waals surface area contributed by atoms with Gasteiger partial charge in [-0.1, -0.05) is 36.4 Å². The number of halogens is 2. The second kappa shape index (κ2) is 10.9. The lowest BCUT2D eigenvalue weighted by molar-refractivity contribution is -0.120. The Bertz CT molecular complexity index is 1660. The number of aromatic amines is 1. The second-order valence-electron chi connectivity index (χ2n) is 9.51. The van der Waals surface area contributed by atoms with Crippen LogP contribution in [-0.2, 0) is 17.6 Å². The van der Waals surface area contributed by atoms with Gasteiger partial charge in [0.15, 0.2) is 5.78 Å². The summed E-state index contributed by atoms with van der Waals surface area (Å²) in [4.78, 5) is 44.5. The fourth-order valence-corrected chi connectivity index (χ4v) is 4.90. The third-order valence-corrected chi connectivity index (χ3v) is 6.69. The highest BCUT2D eigenvalue weighted by atomic mass is 19.1. The van der Waals surface area contributed by atoms with E-state index in [-0.39, 0.29) is 30.1 Å². The topological polar surface area (TPSA) is 91.9 Å². The zero-order chi connectivity index (χ0) is 27.5. The zero-order valence-corrected chi connectivity index (χ0v) is 21.1. The summed E-state index contributed by atoms with van der Waals surface area (Å²) in [6.07, 6.45) is 4.17. The number of pyridine rings is 2. The van der Waals surface area contributed by atoms with Crippen LogP contribution in [0.4, 0.5) is 8.78 Å². The lowest BCUT2D eigenvalue weighted by Crippen LogP contribution is -2.31. The molecular weight excluding hydrogens is 500 g/mol. The van der Waals surface area contributed by atoms with Crippen LogP contribution in [0.25, 0.3) is 16.7 Å². The molecular formula is C31H25F2N3O3. The third kappa shape index (κ3) is 5.90. The number of Topliss-reactive ketones (excluding diaryl/α,β-unsaturated/α-hetero) is 1. The third-order valence-electron chi connectivity index (χ3n) is 6.69. The number of fused-ring (bicyclic) bond motifs is 1. The van der Waals surface area contributed by atoms with Crippen molar-refractivity contribution in [2.24, 2.45) is 0 Å². The first-order valence-corrected chi connectivity index (χ1v) is 12.5. The van der Waals surface area contributed by atoms with Crippen LogP contribution in [0.1, 0.15) is 52.3 Å². The van der Waals surface area contributed by atoms with Gasteiger partial charge in [-0.2, -0.15) is 0 Å². The van der Waals surface area contributed by atoms with E-state index in [1.54, 1.807) is 36.5 Å². The van der Waals surface area contributed by atoms with Gasteiger partial charge in [0.05, 0.1) is 18.2 Å². The normalized spacial score (nSPS) is 12.9. The van der Waals surface area contributed by atoms with Crippen LogP contribution in [0.5, 0.6) is 0 Å². The molecule has 0 saturated carbocycles. The molecule has 0 bridgehead atoms. The van der Waals surface area contributed by atoms with E-state index in [0.717, 1.165) is 17.2 Å². The van der Waals surface area contributed by atoms with Gasteiger partial charge in [0.2, 0.25) is 11.5 Å². The summed E-state index contributed by atoms with van der Waals surface area (Å²) in [5, 5.41) is 2.99. The quantitative estimate of drug-likeness (QED) is 0.304. The monoisotopic (exact) mass is 525 g/mol. The van der Waals surface area contributed by atoms with Crippen molar-refractivity contribution in [1.29, 1.82) is 0 Å². The van der Waals surface area contributed by atoms with Gasteiger partial charge >= 0.3 is 0 Å². The number of rotatable bonds is 8. The maximum Gasteiger partial charge on any atom is 0.248 e. The zero-order valence-electron chi connectivity index (χ0n) is 21.1. The van der Waals surface area contributed by atoms with Crippen molar-refractivity contribution in [3.63, 3.8) is 0 Å². The number of hydrogen-bond acceptors (Lipinski definition) is 4. The molecule has 0 radical (unpaired) electrons. The predicted molar refractivity (Wildman–Crippen MR) is 144 cm³/mol. The first-order valence-electron chi connectivity index (χ1n) is 12.5. The highest BCUT2D eigenvalue weighted by Gasteiger charge is 2.24. The molecule has 2 heterocycles. The highest BCUT2D eigenvalue weighted by Crippen LogP contribution is 2.31. The molecule has 0 unspecified atom stereocenters. The van der Waals surface area contributed by atoms with E-state index < -0.39 is 17.7 Å². The van der Waals surface area contributed by atoms with Crippen molar-refractivity contribution in [2.45, 2.75) is 32.2 Å². The van der Waals surface area contributed by atoms with Crippen LogP contribution >= 0.6 is 0 Å². The average molecular weight is 526 g/mol. The molecule has 2 N–H and O–H groups in total. The van der Waals surface area contributed by atoms with Gasteiger partial charge in [-0.15, -0.1) is 0 Å². The molecule has 4 aromatic rings. The minimum Gasteiger partial charge on any atom is -0.347 e.